The van der Waals surface area contributed by atoms with Gasteiger partial charge in [0.15, 0.2) is 0 Å². The van der Waals surface area contributed by atoms with E-state index in [0.717, 1.165) is 23.1 Å². The second-order valence-electron chi connectivity index (χ2n) is 4.71. The van der Waals surface area contributed by atoms with E-state index in [4.69, 9.17) is 11.6 Å². The maximum absolute atomic E-state index is 5.97. The van der Waals surface area contributed by atoms with Crippen molar-refractivity contribution in [2.45, 2.75) is 13.0 Å². The minimum atomic E-state index is 0.473. The molecule has 0 aliphatic heterocycles. The molecule has 0 fully saturated rings. The molecule has 1 aromatic heterocycles. The lowest BCUT2D eigenvalue weighted by Gasteiger charge is -2.21. The SMILES string of the molecule is C[C@@H](CNc1ccnc2cc(Cl)ccc12)N(C)C. The van der Waals surface area contributed by atoms with Gasteiger partial charge in [0.1, 0.15) is 0 Å². The van der Waals surface area contributed by atoms with Crippen LogP contribution in [0.3, 0.4) is 0 Å². The topological polar surface area (TPSA) is 28.2 Å². The highest BCUT2D eigenvalue weighted by Gasteiger charge is 2.06. The van der Waals surface area contributed by atoms with Gasteiger partial charge in [0, 0.05) is 34.9 Å². The van der Waals surface area contributed by atoms with E-state index >= 15 is 0 Å². The molecule has 0 aliphatic carbocycles. The molecule has 0 bridgehead atoms. The third-order valence-electron chi connectivity index (χ3n) is 3.17. The fraction of sp³-hybridized carbons (Fsp3) is 0.357. The van der Waals surface area contributed by atoms with Gasteiger partial charge in [0.25, 0.3) is 0 Å². The average Bonchev–Trinajstić information content (AvgIpc) is 2.35. The van der Waals surface area contributed by atoms with Crippen molar-refractivity contribution in [3.8, 4) is 0 Å². The van der Waals surface area contributed by atoms with Gasteiger partial charge in [-0.05, 0) is 45.3 Å². The van der Waals surface area contributed by atoms with E-state index in [1.165, 1.54) is 0 Å². The molecule has 4 heteroatoms. The minimum absolute atomic E-state index is 0.473. The van der Waals surface area contributed by atoms with E-state index in [1.54, 1.807) is 6.20 Å². The lowest BCUT2D eigenvalue weighted by molar-refractivity contribution is 0.326. The number of nitrogens with one attached hydrogen (secondary N) is 1. The largest absolute Gasteiger partial charge is 0.383 e. The Morgan fingerprint density at radius 3 is 2.83 bits per heavy atom. The summed E-state index contributed by atoms with van der Waals surface area (Å²) >= 11 is 5.97. The van der Waals surface area contributed by atoms with Crippen molar-refractivity contribution in [1.82, 2.24) is 9.88 Å². The molecule has 3 nitrogen and oxygen atoms in total. The van der Waals surface area contributed by atoms with Crippen molar-refractivity contribution in [3.63, 3.8) is 0 Å². The van der Waals surface area contributed by atoms with Crippen molar-refractivity contribution >= 4 is 28.2 Å². The standard InChI is InChI=1S/C14H18ClN3/c1-10(18(2)3)9-17-13-6-7-16-14-8-11(15)4-5-12(13)14/h4-8,10H,9H2,1-3H3,(H,16,17)/t10-/m0/s1. The molecule has 0 radical (unpaired) electrons. The minimum Gasteiger partial charge on any atom is -0.383 e. The summed E-state index contributed by atoms with van der Waals surface area (Å²) in [4.78, 5) is 6.52. The van der Waals surface area contributed by atoms with Gasteiger partial charge in [-0.2, -0.15) is 0 Å². The number of rotatable bonds is 4. The van der Waals surface area contributed by atoms with E-state index in [0.29, 0.717) is 11.1 Å². The third kappa shape index (κ3) is 2.92. The first-order valence-corrected chi connectivity index (χ1v) is 6.40. The first kappa shape index (κ1) is 13.1. The highest BCUT2D eigenvalue weighted by atomic mass is 35.5. The Bertz CT molecular complexity index is 540. The Labute approximate surface area is 113 Å². The number of fused-ring (bicyclic) bond motifs is 1. The van der Waals surface area contributed by atoms with Crippen LogP contribution >= 0.6 is 11.6 Å². The Hall–Kier alpha value is -1.32. The number of nitrogens with zero attached hydrogens (tertiary/aromatic N) is 2. The molecule has 2 aromatic rings. The molecule has 0 saturated carbocycles. The summed E-state index contributed by atoms with van der Waals surface area (Å²) in [6.45, 7) is 3.09. The lowest BCUT2D eigenvalue weighted by atomic mass is 10.2. The summed E-state index contributed by atoms with van der Waals surface area (Å²) in [5, 5.41) is 5.28. The highest BCUT2D eigenvalue weighted by molar-refractivity contribution is 6.31. The fourth-order valence-electron chi connectivity index (χ4n) is 1.72. The van der Waals surface area contributed by atoms with E-state index < -0.39 is 0 Å². The van der Waals surface area contributed by atoms with Crippen LogP contribution in [0.2, 0.25) is 5.02 Å². The second-order valence-corrected chi connectivity index (χ2v) is 5.15. The number of anilines is 1. The molecule has 1 heterocycles. The van der Waals surface area contributed by atoms with Crippen LogP contribution in [0.25, 0.3) is 10.9 Å². The molecule has 1 aromatic carbocycles. The van der Waals surface area contributed by atoms with Gasteiger partial charge < -0.3 is 10.2 Å². The number of pyridine rings is 1. The van der Waals surface area contributed by atoms with Gasteiger partial charge in [-0.1, -0.05) is 11.6 Å². The quantitative estimate of drug-likeness (QED) is 0.918. The van der Waals surface area contributed by atoms with Gasteiger partial charge >= 0.3 is 0 Å². The first-order chi connectivity index (χ1) is 8.58. The number of halogens is 1. The van der Waals surface area contributed by atoms with Crippen LogP contribution in [-0.2, 0) is 0 Å². The normalized spacial score (nSPS) is 12.9. The molecule has 1 atom stereocenters. The van der Waals surface area contributed by atoms with Gasteiger partial charge in [0.2, 0.25) is 0 Å². The lowest BCUT2D eigenvalue weighted by Crippen LogP contribution is -2.31. The van der Waals surface area contributed by atoms with E-state index in [9.17, 15) is 0 Å². The van der Waals surface area contributed by atoms with Gasteiger partial charge in [-0.3, -0.25) is 4.98 Å². The number of benzene rings is 1. The van der Waals surface area contributed by atoms with Crippen molar-refractivity contribution in [2.24, 2.45) is 0 Å². The van der Waals surface area contributed by atoms with Crippen LogP contribution in [-0.4, -0.2) is 36.6 Å². The first-order valence-electron chi connectivity index (χ1n) is 6.02. The Kier molecular flexibility index (Phi) is 4.04. The zero-order chi connectivity index (χ0) is 13.1. The monoisotopic (exact) mass is 263 g/mol. The molecule has 18 heavy (non-hydrogen) atoms. The number of likely N-dealkylation sites (N-methyl/N-ethyl adjacent to an activating group) is 1. The van der Waals surface area contributed by atoms with Crippen molar-refractivity contribution in [1.29, 1.82) is 0 Å². The Morgan fingerprint density at radius 1 is 1.33 bits per heavy atom. The molecule has 0 saturated heterocycles. The Balaban J connectivity index is 2.23. The zero-order valence-corrected chi connectivity index (χ0v) is 11.7. The summed E-state index contributed by atoms with van der Waals surface area (Å²) in [6, 6.07) is 8.26. The maximum atomic E-state index is 5.97. The molecule has 0 unspecified atom stereocenters. The predicted octanol–water partition coefficient (Wildman–Crippen LogP) is 3.25. The van der Waals surface area contributed by atoms with Crippen molar-refractivity contribution in [2.75, 3.05) is 26.0 Å². The average molecular weight is 264 g/mol. The van der Waals surface area contributed by atoms with Crippen LogP contribution in [0.15, 0.2) is 30.5 Å². The summed E-state index contributed by atoms with van der Waals surface area (Å²) in [6.07, 6.45) is 1.81. The van der Waals surface area contributed by atoms with Crippen molar-refractivity contribution in [3.05, 3.63) is 35.5 Å². The molecule has 2 rings (SSSR count). The van der Waals surface area contributed by atoms with Crippen LogP contribution in [0, 0.1) is 0 Å². The molecular formula is C14H18ClN3. The number of hydrogen-bond acceptors (Lipinski definition) is 3. The van der Waals surface area contributed by atoms with Gasteiger partial charge in [-0.15, -0.1) is 0 Å². The predicted molar refractivity (Wildman–Crippen MR) is 78.4 cm³/mol. The zero-order valence-electron chi connectivity index (χ0n) is 10.9. The van der Waals surface area contributed by atoms with Crippen LogP contribution in [0.4, 0.5) is 5.69 Å². The smallest absolute Gasteiger partial charge is 0.0737 e. The third-order valence-corrected chi connectivity index (χ3v) is 3.41. The van der Waals surface area contributed by atoms with Crippen LogP contribution in [0.1, 0.15) is 6.92 Å². The summed E-state index contributed by atoms with van der Waals surface area (Å²) < 4.78 is 0. The Morgan fingerprint density at radius 2 is 2.11 bits per heavy atom. The summed E-state index contributed by atoms with van der Waals surface area (Å²) in [5.41, 5.74) is 2.02. The van der Waals surface area contributed by atoms with Gasteiger partial charge in [0.05, 0.1) is 5.52 Å². The molecular weight excluding hydrogens is 246 g/mol. The second kappa shape index (κ2) is 5.55. The molecule has 0 amide bonds. The van der Waals surface area contributed by atoms with Crippen LogP contribution in [0.5, 0.6) is 0 Å². The molecule has 0 aliphatic rings. The van der Waals surface area contributed by atoms with E-state index in [1.807, 2.05) is 24.3 Å². The van der Waals surface area contributed by atoms with Crippen LogP contribution < -0.4 is 5.32 Å². The summed E-state index contributed by atoms with van der Waals surface area (Å²) in [5.74, 6) is 0. The molecule has 96 valence electrons. The van der Waals surface area contributed by atoms with E-state index in [2.05, 4.69) is 36.2 Å². The van der Waals surface area contributed by atoms with Gasteiger partial charge in [-0.25, -0.2) is 0 Å². The van der Waals surface area contributed by atoms with Crippen molar-refractivity contribution < 1.29 is 0 Å². The number of aromatic nitrogens is 1. The maximum Gasteiger partial charge on any atom is 0.0737 e. The highest BCUT2D eigenvalue weighted by Crippen LogP contribution is 2.24. The fourth-order valence-corrected chi connectivity index (χ4v) is 1.88. The van der Waals surface area contributed by atoms with E-state index in [-0.39, 0.29) is 0 Å². The number of hydrogen-bond donors (Lipinski definition) is 1. The molecule has 0 spiro atoms. The molecule has 1 N–H and O–H groups in total. The summed E-state index contributed by atoms with van der Waals surface area (Å²) in [7, 11) is 4.16.